The Kier molecular flexibility index (Phi) is 4.94. The van der Waals surface area contributed by atoms with E-state index in [1.165, 1.54) is 6.07 Å². The average Bonchev–Trinajstić information content (AvgIpc) is 2.99. The quantitative estimate of drug-likeness (QED) is 0.930. The maximum Gasteiger partial charge on any atom is 0.238 e. The van der Waals surface area contributed by atoms with E-state index in [4.69, 9.17) is 4.52 Å². The van der Waals surface area contributed by atoms with E-state index in [-0.39, 0.29) is 24.3 Å². The lowest BCUT2D eigenvalue weighted by atomic mass is 9.99. The molecule has 0 radical (unpaired) electrons. The molecule has 2 aromatic rings. The summed E-state index contributed by atoms with van der Waals surface area (Å²) in [5, 5.41) is 6.92. The van der Waals surface area contributed by atoms with Crippen LogP contribution in [0, 0.1) is 19.7 Å². The Morgan fingerprint density at radius 3 is 3.00 bits per heavy atom. The van der Waals surface area contributed by atoms with Crippen molar-refractivity contribution in [3.8, 4) is 0 Å². The van der Waals surface area contributed by atoms with Gasteiger partial charge >= 0.3 is 0 Å². The molecule has 0 bridgehead atoms. The third-order valence-corrected chi connectivity index (χ3v) is 4.49. The molecule has 1 N–H and O–H groups in total. The predicted octanol–water partition coefficient (Wildman–Crippen LogP) is 3.60. The van der Waals surface area contributed by atoms with Crippen LogP contribution in [0.3, 0.4) is 0 Å². The van der Waals surface area contributed by atoms with Crippen molar-refractivity contribution in [2.75, 3.05) is 18.4 Å². The number of likely N-dealkylation sites (tertiary alicyclic amines) is 1. The van der Waals surface area contributed by atoms with E-state index in [2.05, 4.69) is 15.4 Å². The summed E-state index contributed by atoms with van der Waals surface area (Å²) < 4.78 is 18.8. The molecule has 0 saturated carbocycles. The van der Waals surface area contributed by atoms with E-state index in [9.17, 15) is 9.18 Å². The molecule has 1 aromatic carbocycles. The van der Waals surface area contributed by atoms with Crippen LogP contribution in [0.15, 0.2) is 28.8 Å². The van der Waals surface area contributed by atoms with Gasteiger partial charge in [0.25, 0.3) is 0 Å². The fourth-order valence-electron chi connectivity index (χ4n) is 3.17. The Balaban J connectivity index is 1.68. The molecule has 1 fully saturated rings. The minimum Gasteiger partial charge on any atom is -0.361 e. The molecule has 1 amide bonds. The van der Waals surface area contributed by atoms with E-state index >= 15 is 0 Å². The van der Waals surface area contributed by atoms with Crippen molar-refractivity contribution in [2.24, 2.45) is 0 Å². The SMILES string of the molecule is Cc1cc(C2CCCCN2CC(=O)Nc2cccc(F)c2C)no1. The number of aryl methyl sites for hydroxylation is 1. The highest BCUT2D eigenvalue weighted by atomic mass is 19.1. The van der Waals surface area contributed by atoms with E-state index in [0.29, 0.717) is 11.3 Å². The Morgan fingerprint density at radius 1 is 1.42 bits per heavy atom. The Hall–Kier alpha value is -2.21. The van der Waals surface area contributed by atoms with Crippen molar-refractivity contribution >= 4 is 11.6 Å². The van der Waals surface area contributed by atoms with Crippen molar-refractivity contribution in [3.05, 3.63) is 47.1 Å². The van der Waals surface area contributed by atoms with Crippen molar-refractivity contribution in [3.63, 3.8) is 0 Å². The van der Waals surface area contributed by atoms with Gasteiger partial charge in [0, 0.05) is 17.3 Å². The van der Waals surface area contributed by atoms with Gasteiger partial charge in [0.15, 0.2) is 0 Å². The number of anilines is 1. The standard InChI is InChI=1S/C18H22FN3O2/c1-12-10-16(21-24-12)17-8-3-4-9-22(17)11-18(23)20-15-7-5-6-14(19)13(15)2/h5-7,10,17H,3-4,8-9,11H2,1-2H3,(H,20,23). The molecule has 24 heavy (non-hydrogen) atoms. The van der Waals surface area contributed by atoms with Crippen LogP contribution in [0.1, 0.15) is 42.3 Å². The predicted molar refractivity (Wildman–Crippen MR) is 89.2 cm³/mol. The lowest BCUT2D eigenvalue weighted by Gasteiger charge is -2.33. The number of benzene rings is 1. The summed E-state index contributed by atoms with van der Waals surface area (Å²) in [5.74, 6) is 0.313. The van der Waals surface area contributed by atoms with Gasteiger partial charge < -0.3 is 9.84 Å². The molecule has 0 aliphatic carbocycles. The monoisotopic (exact) mass is 331 g/mol. The first-order valence-electron chi connectivity index (χ1n) is 8.27. The summed E-state index contributed by atoms with van der Waals surface area (Å²) in [6.45, 7) is 4.62. The smallest absolute Gasteiger partial charge is 0.238 e. The van der Waals surface area contributed by atoms with Gasteiger partial charge in [-0.25, -0.2) is 4.39 Å². The maximum absolute atomic E-state index is 13.6. The van der Waals surface area contributed by atoms with Crippen molar-refractivity contribution in [1.82, 2.24) is 10.1 Å². The third-order valence-electron chi connectivity index (χ3n) is 4.49. The topological polar surface area (TPSA) is 58.4 Å². The number of halogens is 1. The number of piperidine rings is 1. The first-order chi connectivity index (χ1) is 11.5. The molecule has 128 valence electrons. The van der Waals surface area contributed by atoms with Gasteiger partial charge in [0.1, 0.15) is 17.3 Å². The van der Waals surface area contributed by atoms with Gasteiger partial charge in [-0.3, -0.25) is 9.69 Å². The van der Waals surface area contributed by atoms with Crippen molar-refractivity contribution in [2.45, 2.75) is 39.2 Å². The summed E-state index contributed by atoms with van der Waals surface area (Å²) in [6, 6.07) is 6.72. The number of hydrogen-bond donors (Lipinski definition) is 1. The van der Waals surface area contributed by atoms with Crippen molar-refractivity contribution in [1.29, 1.82) is 0 Å². The molecule has 1 aromatic heterocycles. The number of aromatic nitrogens is 1. The van der Waals surface area contributed by atoms with Crippen LogP contribution in [0.4, 0.5) is 10.1 Å². The second-order valence-corrected chi connectivity index (χ2v) is 6.31. The van der Waals surface area contributed by atoms with E-state index in [0.717, 1.165) is 37.3 Å². The third kappa shape index (κ3) is 3.64. The zero-order chi connectivity index (χ0) is 17.1. The molecule has 0 spiro atoms. The number of hydrogen-bond acceptors (Lipinski definition) is 4. The first kappa shape index (κ1) is 16.6. The Bertz CT molecular complexity index is 729. The summed E-state index contributed by atoms with van der Waals surface area (Å²) in [5.41, 5.74) is 1.85. The zero-order valence-electron chi connectivity index (χ0n) is 14.0. The Morgan fingerprint density at radius 2 is 2.25 bits per heavy atom. The van der Waals surface area contributed by atoms with Crippen LogP contribution in [-0.4, -0.2) is 29.1 Å². The van der Waals surface area contributed by atoms with E-state index in [1.807, 2.05) is 13.0 Å². The first-order valence-corrected chi connectivity index (χ1v) is 8.27. The van der Waals surface area contributed by atoms with Gasteiger partial charge in [0.2, 0.25) is 5.91 Å². The molecule has 1 unspecified atom stereocenters. The van der Waals surface area contributed by atoms with E-state index in [1.54, 1.807) is 19.1 Å². The highest BCUT2D eigenvalue weighted by Gasteiger charge is 2.28. The number of rotatable bonds is 4. The highest BCUT2D eigenvalue weighted by Crippen LogP contribution is 2.30. The van der Waals surface area contributed by atoms with Crippen LogP contribution in [0.5, 0.6) is 0 Å². The molecule has 3 rings (SSSR count). The second kappa shape index (κ2) is 7.13. The summed E-state index contributed by atoms with van der Waals surface area (Å²) in [7, 11) is 0. The van der Waals surface area contributed by atoms with Crippen LogP contribution >= 0.6 is 0 Å². The molecule has 6 heteroatoms. The molecular weight excluding hydrogens is 309 g/mol. The second-order valence-electron chi connectivity index (χ2n) is 6.31. The number of carbonyl (C=O) groups is 1. The Labute approximate surface area is 140 Å². The van der Waals surface area contributed by atoms with E-state index < -0.39 is 0 Å². The molecule has 1 aliphatic heterocycles. The highest BCUT2D eigenvalue weighted by molar-refractivity contribution is 5.93. The average molecular weight is 331 g/mol. The minimum atomic E-state index is -0.318. The molecule has 1 atom stereocenters. The number of nitrogens with zero attached hydrogens (tertiary/aromatic N) is 2. The van der Waals surface area contributed by atoms with Gasteiger partial charge in [-0.2, -0.15) is 0 Å². The van der Waals surface area contributed by atoms with Gasteiger partial charge in [0.05, 0.1) is 12.6 Å². The molecule has 1 saturated heterocycles. The summed E-state index contributed by atoms with van der Waals surface area (Å²) in [6.07, 6.45) is 3.12. The largest absolute Gasteiger partial charge is 0.361 e. The number of nitrogens with one attached hydrogen (secondary N) is 1. The maximum atomic E-state index is 13.6. The van der Waals surface area contributed by atoms with Gasteiger partial charge in [-0.1, -0.05) is 17.6 Å². The van der Waals surface area contributed by atoms with Crippen LogP contribution in [0.25, 0.3) is 0 Å². The van der Waals surface area contributed by atoms with Crippen LogP contribution in [-0.2, 0) is 4.79 Å². The molecule has 2 heterocycles. The molecular formula is C18H22FN3O2. The molecule has 5 nitrogen and oxygen atoms in total. The van der Waals surface area contributed by atoms with Gasteiger partial charge in [-0.05, 0) is 45.4 Å². The van der Waals surface area contributed by atoms with Crippen molar-refractivity contribution < 1.29 is 13.7 Å². The lowest BCUT2D eigenvalue weighted by Crippen LogP contribution is -2.39. The normalized spacial score (nSPS) is 18.5. The number of amides is 1. The van der Waals surface area contributed by atoms with Crippen LogP contribution < -0.4 is 5.32 Å². The molecule has 1 aliphatic rings. The lowest BCUT2D eigenvalue weighted by molar-refractivity contribution is -0.118. The summed E-state index contributed by atoms with van der Waals surface area (Å²) in [4.78, 5) is 14.5. The fraction of sp³-hybridized carbons (Fsp3) is 0.444. The van der Waals surface area contributed by atoms with Crippen LogP contribution in [0.2, 0.25) is 0 Å². The zero-order valence-corrected chi connectivity index (χ0v) is 14.0. The minimum absolute atomic E-state index is 0.0931. The van der Waals surface area contributed by atoms with Gasteiger partial charge in [-0.15, -0.1) is 0 Å². The summed E-state index contributed by atoms with van der Waals surface area (Å²) >= 11 is 0. The number of carbonyl (C=O) groups excluding carboxylic acids is 1. The fourth-order valence-corrected chi connectivity index (χ4v) is 3.17.